The van der Waals surface area contributed by atoms with Crippen molar-refractivity contribution in [3.05, 3.63) is 30.5 Å². The highest BCUT2D eigenvalue weighted by molar-refractivity contribution is 5.91. The van der Waals surface area contributed by atoms with Gasteiger partial charge < -0.3 is 30.4 Å². The fourth-order valence-corrected chi connectivity index (χ4v) is 2.81. The summed E-state index contributed by atoms with van der Waals surface area (Å²) in [5.41, 5.74) is 5.86. The number of hydrogen-bond acceptors (Lipinski definition) is 5. The van der Waals surface area contributed by atoms with Crippen LogP contribution in [-0.4, -0.2) is 44.3 Å². The first-order chi connectivity index (χ1) is 9.46. The summed E-state index contributed by atoms with van der Waals surface area (Å²) in [6.45, 7) is 1.14. The number of nitrogen functional groups attached to an aromatic ring is 1. The molecule has 1 saturated heterocycles. The number of nitrogens with two attached hydrogens (primary N) is 1. The van der Waals surface area contributed by atoms with Crippen LogP contribution >= 0.6 is 0 Å². The summed E-state index contributed by atoms with van der Waals surface area (Å²) < 4.78 is 7.33. The largest absolute Gasteiger partial charge is 0.398 e. The first kappa shape index (κ1) is 13.4. The Kier molecular flexibility index (Phi) is 2.98. The predicted molar refractivity (Wildman–Crippen MR) is 74.0 cm³/mol. The Morgan fingerprint density at radius 3 is 2.80 bits per heavy atom. The maximum atomic E-state index is 10.5. The number of ether oxygens (including phenoxy) is 1. The summed E-state index contributed by atoms with van der Waals surface area (Å²) >= 11 is 0. The van der Waals surface area contributed by atoms with Gasteiger partial charge in [0.15, 0.2) is 6.23 Å². The second kappa shape index (κ2) is 4.46. The van der Waals surface area contributed by atoms with E-state index in [4.69, 9.17) is 10.5 Å². The second-order valence-corrected chi connectivity index (χ2v) is 5.38. The number of hydrogen-bond donors (Lipinski definition) is 4. The average Bonchev–Trinajstić information content (AvgIpc) is 2.92. The minimum absolute atomic E-state index is 0.352. The number of aromatic nitrogens is 1. The van der Waals surface area contributed by atoms with Gasteiger partial charge in [0.1, 0.15) is 17.8 Å². The van der Waals surface area contributed by atoms with E-state index in [1.165, 1.54) is 6.92 Å². The summed E-state index contributed by atoms with van der Waals surface area (Å²) in [6.07, 6.45) is -0.995. The molecule has 1 aromatic carbocycles. The molecule has 1 fully saturated rings. The van der Waals surface area contributed by atoms with Crippen LogP contribution in [0.15, 0.2) is 30.5 Å². The van der Waals surface area contributed by atoms with Gasteiger partial charge >= 0.3 is 0 Å². The van der Waals surface area contributed by atoms with E-state index in [0.29, 0.717) is 5.69 Å². The minimum atomic E-state index is -1.50. The van der Waals surface area contributed by atoms with Crippen molar-refractivity contribution in [3.63, 3.8) is 0 Å². The molecular weight excluding hydrogens is 260 g/mol. The van der Waals surface area contributed by atoms with E-state index >= 15 is 0 Å². The van der Waals surface area contributed by atoms with Crippen LogP contribution in [0, 0.1) is 0 Å². The lowest BCUT2D eigenvalue weighted by molar-refractivity contribution is -0.0946. The quantitative estimate of drug-likeness (QED) is 0.589. The first-order valence-electron chi connectivity index (χ1n) is 6.48. The first-order valence-corrected chi connectivity index (χ1v) is 6.48. The topological polar surface area (TPSA) is 101 Å². The van der Waals surface area contributed by atoms with Crippen LogP contribution in [-0.2, 0) is 4.74 Å². The van der Waals surface area contributed by atoms with Gasteiger partial charge in [0.05, 0.1) is 12.1 Å². The van der Waals surface area contributed by atoms with E-state index in [1.54, 1.807) is 16.8 Å². The second-order valence-electron chi connectivity index (χ2n) is 5.38. The van der Waals surface area contributed by atoms with Crippen LogP contribution in [0.3, 0.4) is 0 Å². The van der Waals surface area contributed by atoms with E-state index in [9.17, 15) is 15.3 Å². The number of benzene rings is 1. The van der Waals surface area contributed by atoms with Gasteiger partial charge in [-0.2, -0.15) is 0 Å². The Labute approximate surface area is 116 Å². The van der Waals surface area contributed by atoms with E-state index in [2.05, 4.69) is 0 Å². The Morgan fingerprint density at radius 2 is 2.15 bits per heavy atom. The highest BCUT2D eigenvalue weighted by Gasteiger charge is 2.52. The average molecular weight is 278 g/mol. The van der Waals surface area contributed by atoms with Crippen LogP contribution in [0.4, 0.5) is 5.69 Å². The van der Waals surface area contributed by atoms with Crippen molar-refractivity contribution in [1.82, 2.24) is 4.57 Å². The van der Waals surface area contributed by atoms with Gasteiger partial charge in [0.2, 0.25) is 0 Å². The Morgan fingerprint density at radius 1 is 1.40 bits per heavy atom. The summed E-state index contributed by atoms with van der Waals surface area (Å²) in [4.78, 5) is 0. The van der Waals surface area contributed by atoms with Gasteiger partial charge in [0, 0.05) is 17.3 Å². The van der Waals surface area contributed by atoms with Crippen molar-refractivity contribution in [2.75, 3.05) is 12.3 Å². The zero-order valence-corrected chi connectivity index (χ0v) is 11.1. The molecule has 1 aromatic heterocycles. The van der Waals surface area contributed by atoms with Gasteiger partial charge in [-0.05, 0) is 25.1 Å². The highest BCUT2D eigenvalue weighted by Crippen LogP contribution is 2.40. The van der Waals surface area contributed by atoms with Crippen molar-refractivity contribution in [2.45, 2.75) is 31.0 Å². The molecule has 1 unspecified atom stereocenters. The number of aliphatic hydroxyl groups is 3. The van der Waals surface area contributed by atoms with E-state index in [0.717, 1.165) is 10.9 Å². The highest BCUT2D eigenvalue weighted by atomic mass is 16.6. The molecule has 5 N–H and O–H groups in total. The maximum Gasteiger partial charge on any atom is 0.165 e. The molecule has 6 nitrogen and oxygen atoms in total. The third-order valence-electron chi connectivity index (χ3n) is 3.98. The van der Waals surface area contributed by atoms with Gasteiger partial charge in [-0.1, -0.05) is 6.07 Å². The summed E-state index contributed by atoms with van der Waals surface area (Å²) in [5, 5.41) is 30.6. The van der Waals surface area contributed by atoms with Crippen molar-refractivity contribution in [2.24, 2.45) is 0 Å². The molecule has 3 rings (SSSR count). The van der Waals surface area contributed by atoms with E-state index in [1.807, 2.05) is 18.2 Å². The third kappa shape index (κ3) is 1.73. The van der Waals surface area contributed by atoms with Gasteiger partial charge in [-0.15, -0.1) is 0 Å². The molecule has 0 saturated carbocycles. The predicted octanol–water partition coefficient (Wildman–Crippen LogP) is 0.225. The molecule has 0 amide bonds. The van der Waals surface area contributed by atoms with Crippen molar-refractivity contribution < 1.29 is 20.1 Å². The monoisotopic (exact) mass is 278 g/mol. The molecule has 6 heteroatoms. The molecule has 1 aliphatic rings. The van der Waals surface area contributed by atoms with E-state index in [-0.39, 0.29) is 6.61 Å². The SMILES string of the molecule is CC1(O)[C@H](O)[C@@H](CO)O[C@H]1n1ccc2c(N)cccc21. The van der Waals surface area contributed by atoms with Crippen LogP contribution < -0.4 is 5.73 Å². The van der Waals surface area contributed by atoms with Crippen molar-refractivity contribution in [3.8, 4) is 0 Å². The van der Waals surface area contributed by atoms with Crippen LogP contribution in [0.25, 0.3) is 10.9 Å². The fourth-order valence-electron chi connectivity index (χ4n) is 2.81. The standard InChI is InChI=1S/C14H18N2O4/c1-14(19)12(18)11(7-17)20-13(14)16-6-5-8-9(15)3-2-4-10(8)16/h2-6,11-13,17-19H,7,15H2,1H3/t11-,12-,13-,14?/m1/s1. The molecule has 108 valence electrons. The summed E-state index contributed by atoms with van der Waals surface area (Å²) in [7, 11) is 0. The maximum absolute atomic E-state index is 10.5. The van der Waals surface area contributed by atoms with Crippen molar-refractivity contribution >= 4 is 16.6 Å². The summed E-state index contributed by atoms with van der Waals surface area (Å²) in [6, 6.07) is 7.32. The molecule has 2 aromatic rings. The van der Waals surface area contributed by atoms with Crippen molar-refractivity contribution in [1.29, 1.82) is 0 Å². The number of anilines is 1. The van der Waals surface area contributed by atoms with Crippen LogP contribution in [0.1, 0.15) is 13.2 Å². The molecule has 0 bridgehead atoms. The lowest BCUT2D eigenvalue weighted by Crippen LogP contribution is -2.44. The zero-order chi connectivity index (χ0) is 14.5. The number of aliphatic hydroxyl groups excluding tert-OH is 2. The Hall–Kier alpha value is -1.60. The normalized spacial score (nSPS) is 33.9. The molecule has 2 heterocycles. The molecule has 4 atom stereocenters. The lowest BCUT2D eigenvalue weighted by Gasteiger charge is -2.28. The van der Waals surface area contributed by atoms with Crippen LogP contribution in [0.2, 0.25) is 0 Å². The number of nitrogens with zero attached hydrogens (tertiary/aromatic N) is 1. The third-order valence-corrected chi connectivity index (χ3v) is 3.98. The molecule has 0 aliphatic carbocycles. The molecule has 0 radical (unpaired) electrons. The molecule has 1 aliphatic heterocycles. The van der Waals surface area contributed by atoms with Crippen LogP contribution in [0.5, 0.6) is 0 Å². The molecule has 20 heavy (non-hydrogen) atoms. The van der Waals surface area contributed by atoms with Gasteiger partial charge in [-0.25, -0.2) is 0 Å². The lowest BCUT2D eigenvalue weighted by atomic mass is 9.96. The summed E-state index contributed by atoms with van der Waals surface area (Å²) in [5.74, 6) is 0. The molecule has 0 spiro atoms. The zero-order valence-electron chi connectivity index (χ0n) is 11.1. The number of rotatable bonds is 2. The minimum Gasteiger partial charge on any atom is -0.398 e. The number of fused-ring (bicyclic) bond motifs is 1. The molecular formula is C14H18N2O4. The van der Waals surface area contributed by atoms with Gasteiger partial charge in [0.25, 0.3) is 0 Å². The Bertz CT molecular complexity index is 637. The van der Waals surface area contributed by atoms with Gasteiger partial charge in [-0.3, -0.25) is 0 Å². The van der Waals surface area contributed by atoms with E-state index < -0.39 is 24.0 Å². The fraction of sp³-hybridized carbons (Fsp3) is 0.429. The smallest absolute Gasteiger partial charge is 0.165 e. The Balaban J connectivity index is 2.10.